The molecular weight excluding hydrogens is 498 g/mol. The van der Waals surface area contributed by atoms with Crippen LogP contribution < -0.4 is 5.11 Å². The highest BCUT2D eigenvalue weighted by atomic mass is 16.7. The van der Waals surface area contributed by atoms with Crippen LogP contribution in [0.15, 0.2) is 12.2 Å². The highest BCUT2D eigenvalue weighted by Crippen LogP contribution is 2.12. The molecule has 0 aromatic heterocycles. The van der Waals surface area contributed by atoms with Crippen LogP contribution >= 0.6 is 0 Å². The number of esters is 1. The van der Waals surface area contributed by atoms with Crippen LogP contribution in [0, 0.1) is 0 Å². The summed E-state index contributed by atoms with van der Waals surface area (Å²) in [6, 6.07) is 0. The lowest BCUT2D eigenvalue weighted by molar-refractivity contribution is -0.870. The monoisotopic (exact) mass is 557 g/mol. The van der Waals surface area contributed by atoms with Crippen molar-refractivity contribution >= 4 is 11.9 Å². The van der Waals surface area contributed by atoms with E-state index in [2.05, 4.69) is 19.1 Å². The Balaban J connectivity index is 3.59. The number of carbonyl (C=O) groups excluding carboxylic acids is 2. The molecule has 0 saturated carbocycles. The number of carbonyl (C=O) groups is 2. The zero-order valence-corrected chi connectivity index (χ0v) is 25.5. The number of hydrogen-bond donors (Lipinski definition) is 1. The van der Waals surface area contributed by atoms with E-state index in [0.29, 0.717) is 17.4 Å². The lowest BCUT2D eigenvalue weighted by Crippen LogP contribution is -2.44. The van der Waals surface area contributed by atoms with E-state index in [1.165, 1.54) is 83.5 Å². The zero-order valence-electron chi connectivity index (χ0n) is 25.5. The van der Waals surface area contributed by atoms with E-state index >= 15 is 0 Å². The molecule has 0 amide bonds. The Morgan fingerprint density at radius 3 is 1.79 bits per heavy atom. The third kappa shape index (κ3) is 27.9. The summed E-state index contributed by atoms with van der Waals surface area (Å²) in [4.78, 5) is 23.0. The van der Waals surface area contributed by atoms with Crippen LogP contribution in [0.5, 0.6) is 0 Å². The fourth-order valence-electron chi connectivity index (χ4n) is 4.00. The van der Waals surface area contributed by atoms with Crippen molar-refractivity contribution in [3.05, 3.63) is 12.2 Å². The number of aliphatic hydroxyl groups is 1. The molecular formula is C31H59NO7. The first kappa shape index (κ1) is 37.5. The van der Waals surface area contributed by atoms with Crippen molar-refractivity contribution in [2.24, 2.45) is 0 Å². The first-order valence-electron chi connectivity index (χ1n) is 15.4. The van der Waals surface area contributed by atoms with E-state index in [0.717, 1.165) is 19.3 Å². The van der Waals surface area contributed by atoms with Gasteiger partial charge in [-0.2, -0.15) is 0 Å². The Bertz CT molecular complexity index is 619. The van der Waals surface area contributed by atoms with Crippen molar-refractivity contribution in [3.8, 4) is 0 Å². The minimum absolute atomic E-state index is 0.171. The van der Waals surface area contributed by atoms with Crippen LogP contribution in [0.3, 0.4) is 0 Å². The van der Waals surface area contributed by atoms with Gasteiger partial charge in [-0.25, -0.2) is 0 Å². The van der Waals surface area contributed by atoms with Gasteiger partial charge >= 0.3 is 5.97 Å². The summed E-state index contributed by atoms with van der Waals surface area (Å²) in [5.41, 5.74) is 0. The van der Waals surface area contributed by atoms with E-state index in [1.807, 2.05) is 21.1 Å². The molecule has 0 radical (unpaired) electrons. The average molecular weight is 558 g/mol. The Labute approximate surface area is 238 Å². The molecule has 0 saturated heterocycles. The second-order valence-electron chi connectivity index (χ2n) is 11.6. The third-order valence-corrected chi connectivity index (χ3v) is 6.49. The Morgan fingerprint density at radius 2 is 1.28 bits per heavy atom. The standard InChI is InChI=1S/C31H59NO7/c1-5-6-7-8-9-10-11-12-13-14-15-16-17-18-19-20-21-22-23-29(34)38-26-28(33)27-39-31(30(35)36)37-25-24-32(2,3)4/h13-14,28,31,33H,5-12,15-27H2,1-4H3/b14-13-. The van der Waals surface area contributed by atoms with Crippen molar-refractivity contribution in [1.29, 1.82) is 0 Å². The number of hydrogen-bond acceptors (Lipinski definition) is 7. The number of quaternary nitrogens is 1. The topological polar surface area (TPSA) is 105 Å². The summed E-state index contributed by atoms with van der Waals surface area (Å²) in [7, 11) is 5.86. The summed E-state index contributed by atoms with van der Waals surface area (Å²) < 4.78 is 15.9. The fraction of sp³-hybridized carbons (Fsp3) is 0.871. The summed E-state index contributed by atoms with van der Waals surface area (Å²) in [6.07, 6.45) is 22.0. The minimum atomic E-state index is -1.57. The minimum Gasteiger partial charge on any atom is -0.545 e. The number of carboxylic acid groups (broad SMARTS) is 1. The quantitative estimate of drug-likeness (QED) is 0.0479. The third-order valence-electron chi connectivity index (χ3n) is 6.49. The molecule has 0 bridgehead atoms. The number of aliphatic hydroxyl groups excluding tert-OH is 1. The molecule has 2 unspecified atom stereocenters. The van der Waals surface area contributed by atoms with Gasteiger partial charge in [-0.3, -0.25) is 4.79 Å². The van der Waals surface area contributed by atoms with Crippen molar-refractivity contribution in [3.63, 3.8) is 0 Å². The molecule has 1 N–H and O–H groups in total. The molecule has 0 spiro atoms. The number of nitrogens with zero attached hydrogens (tertiary/aromatic N) is 1. The summed E-state index contributed by atoms with van der Waals surface area (Å²) in [6.45, 7) is 2.44. The maximum absolute atomic E-state index is 11.9. The van der Waals surface area contributed by atoms with E-state index in [1.54, 1.807) is 0 Å². The Morgan fingerprint density at radius 1 is 0.769 bits per heavy atom. The molecule has 0 aromatic rings. The van der Waals surface area contributed by atoms with Crippen molar-refractivity contribution in [2.45, 2.75) is 128 Å². The average Bonchev–Trinajstić information content (AvgIpc) is 2.87. The number of rotatable bonds is 28. The zero-order chi connectivity index (χ0) is 29.2. The van der Waals surface area contributed by atoms with Gasteiger partial charge in [-0.05, 0) is 32.1 Å². The molecule has 8 heteroatoms. The predicted molar refractivity (Wildman–Crippen MR) is 154 cm³/mol. The van der Waals surface area contributed by atoms with Gasteiger partial charge in [-0.1, -0.05) is 89.7 Å². The molecule has 0 aromatic carbocycles. The van der Waals surface area contributed by atoms with Crippen LogP contribution in [0.1, 0.15) is 116 Å². The maximum Gasteiger partial charge on any atom is 0.305 e. The van der Waals surface area contributed by atoms with Crippen LogP contribution in [-0.4, -0.2) is 81.4 Å². The molecule has 39 heavy (non-hydrogen) atoms. The molecule has 230 valence electrons. The molecule has 0 aliphatic rings. The molecule has 0 heterocycles. The summed E-state index contributed by atoms with van der Waals surface area (Å²) in [5, 5.41) is 21.1. The highest BCUT2D eigenvalue weighted by molar-refractivity contribution is 5.69. The van der Waals surface area contributed by atoms with Crippen molar-refractivity contribution in [1.82, 2.24) is 0 Å². The lowest BCUT2D eigenvalue weighted by atomic mass is 10.1. The largest absolute Gasteiger partial charge is 0.545 e. The first-order chi connectivity index (χ1) is 18.7. The van der Waals surface area contributed by atoms with Gasteiger partial charge in [-0.15, -0.1) is 0 Å². The lowest BCUT2D eigenvalue weighted by Gasteiger charge is -2.26. The van der Waals surface area contributed by atoms with Crippen LogP contribution in [-0.2, 0) is 23.8 Å². The van der Waals surface area contributed by atoms with E-state index < -0.39 is 18.4 Å². The van der Waals surface area contributed by atoms with E-state index in [-0.39, 0.29) is 25.8 Å². The number of allylic oxidation sites excluding steroid dienone is 2. The number of ether oxygens (including phenoxy) is 3. The number of carboxylic acids is 1. The SMILES string of the molecule is CCCCCCCCC/C=C\CCCCCCCCCC(=O)OCC(O)COC(OCC[N+](C)(C)C)C(=O)[O-]. The second kappa shape index (κ2) is 25.5. The van der Waals surface area contributed by atoms with Crippen molar-refractivity contribution < 1.29 is 38.5 Å². The molecule has 0 fully saturated rings. The first-order valence-corrected chi connectivity index (χ1v) is 15.4. The van der Waals surface area contributed by atoms with Gasteiger partial charge in [0.1, 0.15) is 19.3 Å². The van der Waals surface area contributed by atoms with E-state index in [4.69, 9.17) is 14.2 Å². The smallest absolute Gasteiger partial charge is 0.305 e. The predicted octanol–water partition coefficient (Wildman–Crippen LogP) is 4.91. The summed E-state index contributed by atoms with van der Waals surface area (Å²) in [5.74, 6) is -1.88. The van der Waals surface area contributed by atoms with Gasteiger partial charge in [0.05, 0.1) is 40.3 Å². The Hall–Kier alpha value is -1.48. The van der Waals surface area contributed by atoms with Gasteiger partial charge in [0.25, 0.3) is 0 Å². The van der Waals surface area contributed by atoms with Gasteiger partial charge in [0, 0.05) is 6.42 Å². The molecule has 0 aliphatic carbocycles. The van der Waals surface area contributed by atoms with Crippen molar-refractivity contribution in [2.75, 3.05) is 47.5 Å². The second-order valence-corrected chi connectivity index (χ2v) is 11.6. The number of unbranched alkanes of at least 4 members (excludes halogenated alkanes) is 14. The number of aliphatic carboxylic acids is 1. The molecule has 8 nitrogen and oxygen atoms in total. The van der Waals surface area contributed by atoms with Crippen LogP contribution in [0.2, 0.25) is 0 Å². The van der Waals surface area contributed by atoms with Crippen LogP contribution in [0.4, 0.5) is 0 Å². The van der Waals surface area contributed by atoms with Crippen LogP contribution in [0.25, 0.3) is 0 Å². The fourth-order valence-corrected chi connectivity index (χ4v) is 4.00. The molecule has 2 atom stereocenters. The normalized spacial score (nSPS) is 13.6. The molecule has 0 rings (SSSR count). The van der Waals surface area contributed by atoms with Gasteiger partial charge in [0.15, 0.2) is 6.29 Å². The summed E-state index contributed by atoms with van der Waals surface area (Å²) >= 11 is 0. The Kier molecular flexibility index (Phi) is 24.5. The van der Waals surface area contributed by atoms with Gasteiger partial charge < -0.3 is 33.7 Å². The molecule has 0 aliphatic heterocycles. The van der Waals surface area contributed by atoms with Gasteiger partial charge in [0.2, 0.25) is 0 Å². The highest BCUT2D eigenvalue weighted by Gasteiger charge is 2.17. The number of likely N-dealkylation sites (N-methyl/N-ethyl adjacent to an activating group) is 1. The van der Waals surface area contributed by atoms with E-state index in [9.17, 15) is 19.8 Å². The maximum atomic E-state index is 11.9.